The maximum absolute atomic E-state index is 12.3. The van der Waals surface area contributed by atoms with Crippen molar-refractivity contribution in [3.05, 3.63) is 65.2 Å². The minimum absolute atomic E-state index is 0.120. The maximum Gasteiger partial charge on any atom is 0.255 e. The Hall–Kier alpha value is -2.13. The minimum Gasteiger partial charge on any atom is -0.389 e. The Kier molecular flexibility index (Phi) is 4.53. The number of hydrogen-bond donors (Lipinski definition) is 2. The van der Waals surface area contributed by atoms with Gasteiger partial charge in [0.05, 0.1) is 6.10 Å². The Labute approximate surface area is 119 Å². The van der Waals surface area contributed by atoms with Crippen molar-refractivity contribution in [1.29, 1.82) is 0 Å². The molecule has 0 bridgehead atoms. The highest BCUT2D eigenvalue weighted by molar-refractivity contribution is 6.05. The molecule has 2 aromatic carbocycles. The molecule has 0 aliphatic heterocycles. The molecule has 0 spiro atoms. The van der Waals surface area contributed by atoms with Gasteiger partial charge < -0.3 is 10.4 Å². The van der Waals surface area contributed by atoms with Crippen LogP contribution in [0.5, 0.6) is 0 Å². The molecular formula is C17H19NO2. The predicted octanol–water partition coefficient (Wildman–Crippen LogP) is 3.55. The molecule has 3 nitrogen and oxygen atoms in total. The van der Waals surface area contributed by atoms with E-state index in [2.05, 4.69) is 5.32 Å². The Balaban J connectivity index is 2.21. The van der Waals surface area contributed by atoms with Crippen LogP contribution in [0, 0.1) is 0 Å². The van der Waals surface area contributed by atoms with Gasteiger partial charge in [-0.2, -0.15) is 0 Å². The molecule has 0 fully saturated rings. The van der Waals surface area contributed by atoms with Gasteiger partial charge in [0.1, 0.15) is 0 Å². The van der Waals surface area contributed by atoms with Crippen LogP contribution in [0.2, 0.25) is 0 Å². The van der Waals surface area contributed by atoms with E-state index in [1.165, 1.54) is 0 Å². The minimum atomic E-state index is -0.546. The molecule has 2 aromatic rings. The summed E-state index contributed by atoms with van der Waals surface area (Å²) in [5.74, 6) is -0.120. The molecule has 0 saturated heterocycles. The van der Waals surface area contributed by atoms with Crippen LogP contribution in [-0.2, 0) is 6.42 Å². The summed E-state index contributed by atoms with van der Waals surface area (Å²) in [5, 5.41) is 12.4. The molecule has 3 heteroatoms. The summed E-state index contributed by atoms with van der Waals surface area (Å²) in [6.45, 7) is 3.73. The van der Waals surface area contributed by atoms with Gasteiger partial charge in [-0.1, -0.05) is 37.3 Å². The van der Waals surface area contributed by atoms with E-state index in [0.717, 1.165) is 17.5 Å². The topological polar surface area (TPSA) is 49.3 Å². The van der Waals surface area contributed by atoms with Gasteiger partial charge in [0, 0.05) is 11.3 Å². The third-order valence-corrected chi connectivity index (χ3v) is 3.27. The first-order valence-electron chi connectivity index (χ1n) is 6.79. The summed E-state index contributed by atoms with van der Waals surface area (Å²) >= 11 is 0. The number of carbonyl (C=O) groups excluding carboxylic acids is 1. The third kappa shape index (κ3) is 3.25. The van der Waals surface area contributed by atoms with Crippen LogP contribution in [0.3, 0.4) is 0 Å². The lowest BCUT2D eigenvalue weighted by molar-refractivity contribution is 0.102. The van der Waals surface area contributed by atoms with E-state index in [-0.39, 0.29) is 5.91 Å². The smallest absolute Gasteiger partial charge is 0.255 e. The zero-order valence-electron chi connectivity index (χ0n) is 11.8. The van der Waals surface area contributed by atoms with Crippen LogP contribution in [-0.4, -0.2) is 11.0 Å². The Morgan fingerprint density at radius 2 is 1.95 bits per heavy atom. The number of amides is 1. The summed E-state index contributed by atoms with van der Waals surface area (Å²) in [6.07, 6.45) is 0.270. The van der Waals surface area contributed by atoms with Crippen LogP contribution in [0.4, 0.5) is 5.69 Å². The van der Waals surface area contributed by atoms with E-state index >= 15 is 0 Å². The van der Waals surface area contributed by atoms with Crippen LogP contribution >= 0.6 is 0 Å². The standard InChI is InChI=1S/C17H19NO2/c1-3-13-7-4-5-10-16(13)17(20)18-15-9-6-8-14(11-15)12(2)19/h4-12,19H,3H2,1-2H3,(H,18,20). The quantitative estimate of drug-likeness (QED) is 0.891. The van der Waals surface area contributed by atoms with Gasteiger partial charge in [0.2, 0.25) is 0 Å². The van der Waals surface area contributed by atoms with Crippen LogP contribution in [0.15, 0.2) is 48.5 Å². The van der Waals surface area contributed by atoms with Crippen molar-refractivity contribution in [2.24, 2.45) is 0 Å². The second-order valence-electron chi connectivity index (χ2n) is 4.77. The average molecular weight is 269 g/mol. The number of anilines is 1. The summed E-state index contributed by atoms with van der Waals surface area (Å²) in [5.41, 5.74) is 3.19. The molecule has 0 heterocycles. The van der Waals surface area contributed by atoms with E-state index in [4.69, 9.17) is 0 Å². The number of rotatable bonds is 4. The van der Waals surface area contributed by atoms with Crippen molar-refractivity contribution in [3.63, 3.8) is 0 Å². The third-order valence-electron chi connectivity index (χ3n) is 3.27. The van der Waals surface area contributed by atoms with Crippen molar-refractivity contribution in [2.45, 2.75) is 26.4 Å². The molecule has 20 heavy (non-hydrogen) atoms. The van der Waals surface area contributed by atoms with E-state index in [9.17, 15) is 9.90 Å². The molecule has 2 N–H and O–H groups in total. The lowest BCUT2D eigenvalue weighted by Crippen LogP contribution is -2.14. The average Bonchev–Trinajstić information content (AvgIpc) is 2.47. The van der Waals surface area contributed by atoms with Gasteiger partial charge in [-0.15, -0.1) is 0 Å². The van der Waals surface area contributed by atoms with Gasteiger partial charge in [-0.3, -0.25) is 4.79 Å². The lowest BCUT2D eigenvalue weighted by atomic mass is 10.0. The van der Waals surface area contributed by atoms with Crippen LogP contribution in [0.25, 0.3) is 0 Å². The molecule has 0 aliphatic rings. The predicted molar refractivity (Wildman–Crippen MR) is 80.8 cm³/mol. The number of benzene rings is 2. The number of nitrogens with one attached hydrogen (secondary N) is 1. The van der Waals surface area contributed by atoms with E-state index in [0.29, 0.717) is 11.3 Å². The fourth-order valence-corrected chi connectivity index (χ4v) is 2.12. The monoisotopic (exact) mass is 269 g/mol. The lowest BCUT2D eigenvalue weighted by Gasteiger charge is -2.11. The molecule has 0 radical (unpaired) electrons. The van der Waals surface area contributed by atoms with Crippen LogP contribution < -0.4 is 5.32 Å². The van der Waals surface area contributed by atoms with E-state index in [1.54, 1.807) is 13.0 Å². The highest BCUT2D eigenvalue weighted by Crippen LogP contribution is 2.18. The second-order valence-corrected chi connectivity index (χ2v) is 4.77. The first-order chi connectivity index (χ1) is 9.61. The number of aliphatic hydroxyl groups excluding tert-OH is 1. The van der Waals surface area contributed by atoms with Crippen molar-refractivity contribution in [1.82, 2.24) is 0 Å². The summed E-state index contributed by atoms with van der Waals surface area (Å²) < 4.78 is 0. The number of aliphatic hydroxyl groups is 1. The van der Waals surface area contributed by atoms with Gasteiger partial charge in [0.25, 0.3) is 5.91 Å². The van der Waals surface area contributed by atoms with Gasteiger partial charge in [-0.25, -0.2) is 0 Å². The normalized spacial score (nSPS) is 11.9. The van der Waals surface area contributed by atoms with Gasteiger partial charge in [0.15, 0.2) is 0 Å². The highest BCUT2D eigenvalue weighted by Gasteiger charge is 2.10. The van der Waals surface area contributed by atoms with Crippen molar-refractivity contribution >= 4 is 11.6 Å². The molecule has 1 unspecified atom stereocenters. The molecule has 0 aliphatic carbocycles. The van der Waals surface area contributed by atoms with Crippen molar-refractivity contribution < 1.29 is 9.90 Å². The van der Waals surface area contributed by atoms with E-state index in [1.807, 2.05) is 49.4 Å². The van der Waals surface area contributed by atoms with Gasteiger partial charge in [-0.05, 0) is 42.7 Å². The maximum atomic E-state index is 12.3. The number of carbonyl (C=O) groups is 1. The SMILES string of the molecule is CCc1ccccc1C(=O)Nc1cccc(C(C)O)c1. The summed E-state index contributed by atoms with van der Waals surface area (Å²) in [4.78, 5) is 12.3. The Morgan fingerprint density at radius 1 is 1.20 bits per heavy atom. The fraction of sp³-hybridized carbons (Fsp3) is 0.235. The Bertz CT molecular complexity index is 605. The first-order valence-corrected chi connectivity index (χ1v) is 6.79. The summed E-state index contributed by atoms with van der Waals surface area (Å²) in [7, 11) is 0. The molecular weight excluding hydrogens is 250 g/mol. The first kappa shape index (κ1) is 14.3. The fourth-order valence-electron chi connectivity index (χ4n) is 2.12. The molecule has 2 rings (SSSR count). The van der Waals surface area contributed by atoms with Gasteiger partial charge >= 0.3 is 0 Å². The van der Waals surface area contributed by atoms with Crippen LogP contribution in [0.1, 0.15) is 41.4 Å². The molecule has 104 valence electrons. The molecule has 0 aromatic heterocycles. The summed E-state index contributed by atoms with van der Waals surface area (Å²) in [6, 6.07) is 14.8. The van der Waals surface area contributed by atoms with Crippen molar-refractivity contribution in [3.8, 4) is 0 Å². The molecule has 1 atom stereocenters. The molecule has 0 saturated carbocycles. The number of hydrogen-bond acceptors (Lipinski definition) is 2. The highest BCUT2D eigenvalue weighted by atomic mass is 16.3. The zero-order valence-corrected chi connectivity index (χ0v) is 11.8. The van der Waals surface area contributed by atoms with Crippen molar-refractivity contribution in [2.75, 3.05) is 5.32 Å². The Morgan fingerprint density at radius 3 is 2.65 bits per heavy atom. The second kappa shape index (κ2) is 6.35. The largest absolute Gasteiger partial charge is 0.389 e. The molecule has 1 amide bonds. The van der Waals surface area contributed by atoms with E-state index < -0.39 is 6.10 Å². The number of aryl methyl sites for hydroxylation is 1. The zero-order chi connectivity index (χ0) is 14.5.